The van der Waals surface area contributed by atoms with Crippen LogP contribution >= 0.6 is 0 Å². The molecule has 2 heterocycles. The van der Waals surface area contributed by atoms with Crippen molar-refractivity contribution in [3.8, 4) is 0 Å². The van der Waals surface area contributed by atoms with Gasteiger partial charge in [-0.1, -0.05) is 24.3 Å². The van der Waals surface area contributed by atoms with Crippen LogP contribution in [0.4, 0.5) is 8.78 Å². The van der Waals surface area contributed by atoms with E-state index in [0.717, 1.165) is 16.7 Å². The Morgan fingerprint density at radius 1 is 1.11 bits per heavy atom. The first kappa shape index (κ1) is 22.8. The zero-order chi connectivity index (χ0) is 25.5. The van der Waals surface area contributed by atoms with Crippen LogP contribution in [0, 0.1) is 17.7 Å². The smallest absolute Gasteiger partial charge is 0.256 e. The number of allylic oxidation sites excluding steroid dienone is 8. The maximum absolute atomic E-state index is 15.5. The number of likely N-dealkylation sites (tertiary alicyclic amines) is 1. The molecular formula is C29H27F2N3O3. The number of carbonyl (C=O) groups excluding carboxylic acids is 2. The van der Waals surface area contributed by atoms with Crippen LogP contribution in [0.5, 0.6) is 0 Å². The highest BCUT2D eigenvalue weighted by molar-refractivity contribution is 6.16. The number of aliphatic hydroxyl groups is 1. The topological polar surface area (TPSA) is 73.2 Å². The number of rotatable bonds is 5. The monoisotopic (exact) mass is 503 g/mol. The van der Waals surface area contributed by atoms with Crippen LogP contribution in [0.1, 0.15) is 43.2 Å². The number of hydrogen-bond acceptors (Lipinski definition) is 4. The summed E-state index contributed by atoms with van der Waals surface area (Å²) in [6, 6.07) is 4.99. The first-order valence-corrected chi connectivity index (χ1v) is 12.9. The molecule has 2 aliphatic heterocycles. The van der Waals surface area contributed by atoms with E-state index in [4.69, 9.17) is 4.99 Å². The van der Waals surface area contributed by atoms with Crippen molar-refractivity contribution in [3.63, 3.8) is 0 Å². The minimum Gasteiger partial charge on any atom is -0.380 e. The molecule has 1 N–H and O–H groups in total. The minimum absolute atomic E-state index is 0.0584. The van der Waals surface area contributed by atoms with E-state index in [1.807, 2.05) is 18.2 Å². The molecular weight excluding hydrogens is 476 g/mol. The Bertz CT molecular complexity index is 1390. The van der Waals surface area contributed by atoms with E-state index < -0.39 is 17.0 Å². The van der Waals surface area contributed by atoms with Gasteiger partial charge in [0.2, 0.25) is 0 Å². The van der Waals surface area contributed by atoms with Crippen molar-refractivity contribution in [3.05, 3.63) is 76.9 Å². The summed E-state index contributed by atoms with van der Waals surface area (Å²) in [4.78, 5) is 33.5. The van der Waals surface area contributed by atoms with E-state index in [2.05, 4.69) is 0 Å². The number of amidine groups is 1. The van der Waals surface area contributed by atoms with Crippen LogP contribution < -0.4 is 0 Å². The summed E-state index contributed by atoms with van der Waals surface area (Å²) in [5.74, 6) is -0.679. The molecule has 1 aromatic carbocycles. The predicted molar refractivity (Wildman–Crippen MR) is 133 cm³/mol. The number of fused-ring (bicyclic) bond motifs is 1. The normalized spacial score (nSPS) is 26.8. The van der Waals surface area contributed by atoms with Crippen molar-refractivity contribution in [2.45, 2.75) is 43.2 Å². The molecule has 3 fully saturated rings. The second kappa shape index (κ2) is 7.81. The molecule has 190 valence electrons. The highest BCUT2D eigenvalue weighted by atomic mass is 19.1. The van der Waals surface area contributed by atoms with Crippen LogP contribution in [-0.4, -0.2) is 63.3 Å². The van der Waals surface area contributed by atoms with Gasteiger partial charge in [-0.2, -0.15) is 0 Å². The van der Waals surface area contributed by atoms with E-state index >= 15 is 4.39 Å². The first-order chi connectivity index (χ1) is 17.7. The van der Waals surface area contributed by atoms with Crippen molar-refractivity contribution in [2.75, 3.05) is 19.6 Å². The fourth-order valence-corrected chi connectivity index (χ4v) is 5.82. The molecule has 4 aliphatic carbocycles. The number of amides is 2. The molecule has 2 saturated carbocycles. The molecule has 2 amide bonds. The lowest BCUT2D eigenvalue weighted by Gasteiger charge is -2.42. The SMILES string of the molecule is O=C(N1CC(CN2C(=O)C3(CC3)N=C2c2ccc(C3=CC=C4C=CC(F)=CC4C3)cc2F)C1)C1(O)CC1. The number of halogens is 2. The Hall–Kier alpha value is -3.39. The third-order valence-electron chi connectivity index (χ3n) is 8.47. The van der Waals surface area contributed by atoms with E-state index in [0.29, 0.717) is 63.1 Å². The van der Waals surface area contributed by atoms with Gasteiger partial charge in [-0.3, -0.25) is 19.5 Å². The molecule has 1 unspecified atom stereocenters. The van der Waals surface area contributed by atoms with E-state index in [9.17, 15) is 19.1 Å². The van der Waals surface area contributed by atoms with Gasteiger partial charge in [-0.05, 0) is 73.1 Å². The summed E-state index contributed by atoms with van der Waals surface area (Å²) < 4.78 is 29.3. The third-order valence-corrected chi connectivity index (χ3v) is 8.47. The number of carbonyl (C=O) groups is 2. The van der Waals surface area contributed by atoms with Gasteiger partial charge in [0, 0.05) is 31.5 Å². The minimum atomic E-state index is -1.19. The van der Waals surface area contributed by atoms with E-state index in [-0.39, 0.29) is 29.5 Å². The van der Waals surface area contributed by atoms with Gasteiger partial charge in [0.25, 0.3) is 11.8 Å². The lowest BCUT2D eigenvalue weighted by atomic mass is 9.82. The molecule has 1 aromatic rings. The van der Waals surface area contributed by atoms with Gasteiger partial charge < -0.3 is 10.0 Å². The van der Waals surface area contributed by atoms with Crippen LogP contribution in [0.15, 0.2) is 65.0 Å². The molecule has 0 aromatic heterocycles. The molecule has 1 atom stereocenters. The molecule has 1 spiro atoms. The Morgan fingerprint density at radius 2 is 1.89 bits per heavy atom. The fourth-order valence-electron chi connectivity index (χ4n) is 5.82. The summed E-state index contributed by atoms with van der Waals surface area (Å²) >= 11 is 0. The summed E-state index contributed by atoms with van der Waals surface area (Å²) in [5.41, 5.74) is 1.03. The van der Waals surface area contributed by atoms with Crippen molar-refractivity contribution >= 4 is 23.2 Å². The highest BCUT2D eigenvalue weighted by Gasteiger charge is 2.58. The van der Waals surface area contributed by atoms with Crippen molar-refractivity contribution in [1.82, 2.24) is 9.80 Å². The number of hydrogen-bond donors (Lipinski definition) is 1. The molecule has 1 saturated heterocycles. The Labute approximate surface area is 213 Å². The van der Waals surface area contributed by atoms with Gasteiger partial charge in [0.15, 0.2) is 0 Å². The summed E-state index contributed by atoms with van der Waals surface area (Å²) in [6.45, 7) is 1.32. The fraction of sp³-hybridized carbons (Fsp3) is 0.414. The molecule has 0 radical (unpaired) electrons. The summed E-state index contributed by atoms with van der Waals surface area (Å²) in [6.07, 6.45) is 11.6. The van der Waals surface area contributed by atoms with Crippen molar-refractivity contribution in [2.24, 2.45) is 16.8 Å². The second-order valence-corrected chi connectivity index (χ2v) is 11.2. The quantitative estimate of drug-likeness (QED) is 0.666. The predicted octanol–water partition coefficient (Wildman–Crippen LogP) is 3.68. The van der Waals surface area contributed by atoms with Gasteiger partial charge in [0.1, 0.15) is 28.6 Å². The molecule has 37 heavy (non-hydrogen) atoms. The summed E-state index contributed by atoms with van der Waals surface area (Å²) in [5, 5.41) is 10.1. The molecule has 6 nitrogen and oxygen atoms in total. The lowest BCUT2D eigenvalue weighted by Crippen LogP contribution is -2.57. The number of benzene rings is 1. The largest absolute Gasteiger partial charge is 0.380 e. The Kier molecular flexibility index (Phi) is 4.81. The third kappa shape index (κ3) is 3.72. The second-order valence-electron chi connectivity index (χ2n) is 11.2. The average molecular weight is 504 g/mol. The van der Waals surface area contributed by atoms with Crippen LogP contribution in [0.2, 0.25) is 0 Å². The number of aliphatic imine (C=N–C) groups is 1. The maximum atomic E-state index is 15.5. The molecule has 8 heteroatoms. The molecule has 6 aliphatic rings. The maximum Gasteiger partial charge on any atom is 0.256 e. The molecule has 7 rings (SSSR count). The number of nitrogens with zero attached hydrogens (tertiary/aromatic N) is 3. The van der Waals surface area contributed by atoms with Gasteiger partial charge in [-0.25, -0.2) is 8.78 Å². The van der Waals surface area contributed by atoms with Crippen LogP contribution in [0.25, 0.3) is 5.57 Å². The average Bonchev–Trinajstić information content (AvgIpc) is 3.78. The van der Waals surface area contributed by atoms with Crippen LogP contribution in [-0.2, 0) is 9.59 Å². The zero-order valence-corrected chi connectivity index (χ0v) is 20.3. The van der Waals surface area contributed by atoms with Gasteiger partial charge in [-0.15, -0.1) is 0 Å². The Balaban J connectivity index is 1.10. The molecule has 0 bridgehead atoms. The zero-order valence-electron chi connectivity index (χ0n) is 20.3. The summed E-state index contributed by atoms with van der Waals surface area (Å²) in [7, 11) is 0. The van der Waals surface area contributed by atoms with Crippen molar-refractivity contribution in [1.29, 1.82) is 0 Å². The first-order valence-electron chi connectivity index (χ1n) is 12.9. The lowest BCUT2D eigenvalue weighted by molar-refractivity contribution is -0.149. The van der Waals surface area contributed by atoms with Crippen molar-refractivity contribution < 1.29 is 23.5 Å². The highest BCUT2D eigenvalue weighted by Crippen LogP contribution is 2.47. The van der Waals surface area contributed by atoms with Gasteiger partial charge >= 0.3 is 0 Å². The Morgan fingerprint density at radius 3 is 2.59 bits per heavy atom. The standard InChI is InChI=1S/C29H27F2N3O3/c30-22-5-3-18-1-2-19(11-21(18)12-22)20-4-6-23(24(31)13-20)25-32-28(7-8-28)26(35)34(25)16-17-14-33(15-17)27(36)29(37)9-10-29/h1-6,12-13,17,21,37H,7-11,14-16H2. The van der Waals surface area contributed by atoms with E-state index in [1.54, 1.807) is 28.0 Å². The van der Waals surface area contributed by atoms with Crippen LogP contribution in [0.3, 0.4) is 0 Å². The van der Waals surface area contributed by atoms with E-state index in [1.165, 1.54) is 12.1 Å². The van der Waals surface area contributed by atoms with Gasteiger partial charge in [0.05, 0.1) is 5.56 Å².